The molecule has 0 aliphatic heterocycles. The predicted octanol–water partition coefficient (Wildman–Crippen LogP) is 4.31. The standard InChI is InChI=1S/C13H18BrN/c1-9(2)6-13-12(14)7-11(8-15-13)10-4-3-5-10/h7-10H,3-6H2,1-2H3. The van der Waals surface area contributed by atoms with Crippen molar-refractivity contribution in [3.05, 3.63) is 28.0 Å². The average molecular weight is 268 g/mol. The minimum Gasteiger partial charge on any atom is -0.260 e. The van der Waals surface area contributed by atoms with Crippen LogP contribution >= 0.6 is 15.9 Å². The van der Waals surface area contributed by atoms with Crippen molar-refractivity contribution in [1.82, 2.24) is 4.98 Å². The smallest absolute Gasteiger partial charge is 0.0548 e. The molecule has 1 nitrogen and oxygen atoms in total. The minimum atomic E-state index is 0.670. The summed E-state index contributed by atoms with van der Waals surface area (Å²) in [6.45, 7) is 4.46. The van der Waals surface area contributed by atoms with E-state index in [9.17, 15) is 0 Å². The second kappa shape index (κ2) is 4.65. The van der Waals surface area contributed by atoms with Crippen LogP contribution in [0.25, 0.3) is 0 Å². The largest absolute Gasteiger partial charge is 0.260 e. The van der Waals surface area contributed by atoms with Gasteiger partial charge in [-0.1, -0.05) is 20.3 Å². The Bertz CT molecular complexity index is 342. The van der Waals surface area contributed by atoms with Crippen LogP contribution in [0, 0.1) is 5.92 Å². The van der Waals surface area contributed by atoms with Crippen molar-refractivity contribution in [2.24, 2.45) is 5.92 Å². The van der Waals surface area contributed by atoms with Crippen molar-refractivity contribution in [3.63, 3.8) is 0 Å². The molecular formula is C13H18BrN. The van der Waals surface area contributed by atoms with Crippen molar-refractivity contribution < 1.29 is 0 Å². The molecule has 1 aromatic heterocycles. The highest BCUT2D eigenvalue weighted by atomic mass is 79.9. The van der Waals surface area contributed by atoms with Crippen LogP contribution in [0.1, 0.15) is 50.3 Å². The molecule has 0 unspecified atom stereocenters. The highest BCUT2D eigenvalue weighted by molar-refractivity contribution is 9.10. The van der Waals surface area contributed by atoms with Gasteiger partial charge in [0.05, 0.1) is 5.69 Å². The molecule has 1 fully saturated rings. The summed E-state index contributed by atoms with van der Waals surface area (Å²) >= 11 is 3.63. The topological polar surface area (TPSA) is 12.9 Å². The Hall–Kier alpha value is -0.370. The molecule has 0 aromatic carbocycles. The van der Waals surface area contributed by atoms with E-state index in [1.807, 2.05) is 0 Å². The Balaban J connectivity index is 2.14. The molecule has 0 N–H and O–H groups in total. The Morgan fingerprint density at radius 3 is 2.67 bits per heavy atom. The Kier molecular flexibility index (Phi) is 3.45. The third-order valence-corrected chi connectivity index (χ3v) is 3.80. The number of nitrogens with zero attached hydrogens (tertiary/aromatic N) is 1. The van der Waals surface area contributed by atoms with E-state index >= 15 is 0 Å². The average Bonchev–Trinajstić information content (AvgIpc) is 2.06. The molecule has 0 spiro atoms. The van der Waals surface area contributed by atoms with Crippen LogP contribution in [0.2, 0.25) is 0 Å². The summed E-state index contributed by atoms with van der Waals surface area (Å²) in [5.74, 6) is 1.45. The van der Waals surface area contributed by atoms with Gasteiger partial charge in [0.15, 0.2) is 0 Å². The Morgan fingerprint density at radius 2 is 2.20 bits per heavy atom. The first-order chi connectivity index (χ1) is 7.16. The third-order valence-electron chi connectivity index (χ3n) is 3.12. The van der Waals surface area contributed by atoms with Crippen LogP contribution in [0.3, 0.4) is 0 Å². The maximum Gasteiger partial charge on any atom is 0.0548 e. The number of rotatable bonds is 3. The molecule has 0 amide bonds. The van der Waals surface area contributed by atoms with Gasteiger partial charge in [-0.3, -0.25) is 4.98 Å². The van der Waals surface area contributed by atoms with E-state index in [0.29, 0.717) is 5.92 Å². The monoisotopic (exact) mass is 267 g/mol. The van der Waals surface area contributed by atoms with Crippen molar-refractivity contribution in [3.8, 4) is 0 Å². The lowest BCUT2D eigenvalue weighted by Crippen LogP contribution is -2.10. The first-order valence-electron chi connectivity index (χ1n) is 5.81. The van der Waals surface area contributed by atoms with E-state index in [-0.39, 0.29) is 0 Å². The van der Waals surface area contributed by atoms with E-state index in [4.69, 9.17) is 0 Å². The molecule has 82 valence electrons. The molecule has 1 aromatic rings. The van der Waals surface area contributed by atoms with Gasteiger partial charge in [-0.15, -0.1) is 0 Å². The fourth-order valence-electron chi connectivity index (χ4n) is 1.98. The van der Waals surface area contributed by atoms with E-state index < -0.39 is 0 Å². The zero-order valence-electron chi connectivity index (χ0n) is 9.46. The van der Waals surface area contributed by atoms with Gasteiger partial charge in [-0.2, -0.15) is 0 Å². The van der Waals surface area contributed by atoms with Crippen molar-refractivity contribution in [1.29, 1.82) is 0 Å². The second-order valence-corrected chi connectivity index (χ2v) is 5.78. The lowest BCUT2D eigenvalue weighted by molar-refractivity contribution is 0.418. The van der Waals surface area contributed by atoms with Crippen LogP contribution in [0.4, 0.5) is 0 Å². The van der Waals surface area contributed by atoms with Gasteiger partial charge in [0, 0.05) is 10.7 Å². The second-order valence-electron chi connectivity index (χ2n) is 4.92. The summed E-state index contributed by atoms with van der Waals surface area (Å²) in [6.07, 6.45) is 7.21. The van der Waals surface area contributed by atoms with Crippen LogP contribution in [-0.2, 0) is 6.42 Å². The number of aromatic nitrogens is 1. The van der Waals surface area contributed by atoms with Gasteiger partial charge in [0.2, 0.25) is 0 Å². The Morgan fingerprint density at radius 1 is 1.47 bits per heavy atom. The molecule has 0 atom stereocenters. The zero-order valence-corrected chi connectivity index (χ0v) is 11.0. The molecular weight excluding hydrogens is 250 g/mol. The van der Waals surface area contributed by atoms with E-state index in [1.54, 1.807) is 0 Å². The normalized spacial score (nSPS) is 16.8. The van der Waals surface area contributed by atoms with Gasteiger partial charge in [0.25, 0.3) is 0 Å². The molecule has 1 saturated carbocycles. The number of hydrogen-bond donors (Lipinski definition) is 0. The molecule has 1 aliphatic rings. The number of halogens is 1. The number of hydrogen-bond acceptors (Lipinski definition) is 1. The lowest BCUT2D eigenvalue weighted by Gasteiger charge is -2.25. The van der Waals surface area contributed by atoms with E-state index in [1.165, 1.54) is 35.0 Å². The SMILES string of the molecule is CC(C)Cc1ncc(C2CCC2)cc1Br. The summed E-state index contributed by atoms with van der Waals surface area (Å²) in [4.78, 5) is 4.57. The minimum absolute atomic E-state index is 0.670. The van der Waals surface area contributed by atoms with Gasteiger partial charge < -0.3 is 0 Å². The summed E-state index contributed by atoms with van der Waals surface area (Å²) in [6, 6.07) is 2.27. The summed E-state index contributed by atoms with van der Waals surface area (Å²) in [5.41, 5.74) is 2.62. The maximum absolute atomic E-state index is 4.57. The van der Waals surface area contributed by atoms with Gasteiger partial charge in [-0.05, 0) is 58.7 Å². The fraction of sp³-hybridized carbons (Fsp3) is 0.615. The van der Waals surface area contributed by atoms with Gasteiger partial charge in [0.1, 0.15) is 0 Å². The maximum atomic E-state index is 4.57. The fourth-order valence-corrected chi connectivity index (χ4v) is 2.51. The molecule has 15 heavy (non-hydrogen) atoms. The summed E-state index contributed by atoms with van der Waals surface area (Å²) in [5, 5.41) is 0. The Labute approximate surface area is 100 Å². The summed E-state index contributed by atoms with van der Waals surface area (Å²) in [7, 11) is 0. The van der Waals surface area contributed by atoms with Gasteiger partial charge >= 0.3 is 0 Å². The highest BCUT2D eigenvalue weighted by Crippen LogP contribution is 2.37. The quantitative estimate of drug-likeness (QED) is 0.796. The van der Waals surface area contributed by atoms with E-state index in [0.717, 1.165) is 12.3 Å². The zero-order chi connectivity index (χ0) is 10.8. The van der Waals surface area contributed by atoms with Crippen LogP contribution in [-0.4, -0.2) is 4.98 Å². The number of pyridine rings is 1. The molecule has 0 radical (unpaired) electrons. The van der Waals surface area contributed by atoms with Crippen LogP contribution in [0.5, 0.6) is 0 Å². The van der Waals surface area contributed by atoms with Gasteiger partial charge in [-0.25, -0.2) is 0 Å². The van der Waals surface area contributed by atoms with Crippen LogP contribution < -0.4 is 0 Å². The lowest BCUT2D eigenvalue weighted by atomic mass is 9.81. The van der Waals surface area contributed by atoms with Crippen molar-refractivity contribution >= 4 is 15.9 Å². The molecule has 2 rings (SSSR count). The van der Waals surface area contributed by atoms with E-state index in [2.05, 4.69) is 47.0 Å². The predicted molar refractivity (Wildman–Crippen MR) is 67.1 cm³/mol. The molecule has 0 saturated heterocycles. The first kappa shape index (κ1) is 11.1. The van der Waals surface area contributed by atoms with Crippen molar-refractivity contribution in [2.45, 2.75) is 45.4 Å². The summed E-state index contributed by atoms with van der Waals surface area (Å²) < 4.78 is 1.20. The third kappa shape index (κ3) is 2.60. The molecule has 1 heterocycles. The first-order valence-corrected chi connectivity index (χ1v) is 6.60. The highest BCUT2D eigenvalue weighted by Gasteiger charge is 2.20. The van der Waals surface area contributed by atoms with Crippen LogP contribution in [0.15, 0.2) is 16.7 Å². The van der Waals surface area contributed by atoms with Crippen molar-refractivity contribution in [2.75, 3.05) is 0 Å². The molecule has 0 bridgehead atoms. The molecule has 2 heteroatoms. The molecule has 1 aliphatic carbocycles.